The fourth-order valence-corrected chi connectivity index (χ4v) is 4.85. The van der Waals surface area contributed by atoms with E-state index in [1.807, 2.05) is 48.5 Å². The second kappa shape index (κ2) is 10.7. The number of likely N-dealkylation sites (tertiary alicyclic amines) is 1. The van der Waals surface area contributed by atoms with Crippen LogP contribution in [0.15, 0.2) is 54.6 Å². The van der Waals surface area contributed by atoms with Gasteiger partial charge in [0.15, 0.2) is 0 Å². The lowest BCUT2D eigenvalue weighted by Gasteiger charge is -2.18. The molecule has 1 aliphatic heterocycles. The Bertz CT molecular complexity index is 1170. The Kier molecular flexibility index (Phi) is 7.66. The normalized spacial score (nSPS) is 17.5. The summed E-state index contributed by atoms with van der Waals surface area (Å²) in [4.78, 5) is 12.6. The molecule has 5 rings (SSSR count). The predicted octanol–water partition coefficient (Wildman–Crippen LogP) is 5.54. The monoisotopic (exact) mass is 505 g/mol. The number of aromatic nitrogens is 2. The number of aryl methyl sites for hydroxylation is 1. The molecule has 1 fully saturated rings. The highest BCUT2D eigenvalue weighted by Gasteiger charge is 2.34. The van der Waals surface area contributed by atoms with Gasteiger partial charge in [0.2, 0.25) is 0 Å². The number of halogens is 4. The van der Waals surface area contributed by atoms with Gasteiger partial charge in [-0.25, -0.2) is 9.48 Å². The van der Waals surface area contributed by atoms with E-state index < -0.39 is 18.8 Å². The summed E-state index contributed by atoms with van der Waals surface area (Å²) in [6, 6.07) is 16.5. The van der Waals surface area contributed by atoms with Crippen molar-refractivity contribution in [3.8, 4) is 5.69 Å². The largest absolute Gasteiger partial charge is 0.401 e. The Morgan fingerprint density at radius 1 is 1.14 bits per heavy atom. The minimum atomic E-state index is -4.11. The van der Waals surface area contributed by atoms with Crippen molar-refractivity contribution in [3.63, 3.8) is 0 Å². The highest BCUT2D eigenvalue weighted by molar-refractivity contribution is 6.30. The lowest BCUT2D eigenvalue weighted by atomic mass is 9.99. The summed E-state index contributed by atoms with van der Waals surface area (Å²) in [5, 5.41) is 7.89. The number of carbonyl (C=O) groups excluding carboxylic acids is 1. The molecule has 2 amide bonds. The molecule has 0 radical (unpaired) electrons. The number of nitrogens with two attached hydrogens (primary N) is 1. The molecule has 1 saturated heterocycles. The van der Waals surface area contributed by atoms with Crippen LogP contribution < -0.4 is 11.1 Å². The molecule has 186 valence electrons. The van der Waals surface area contributed by atoms with Crippen LogP contribution in [0.3, 0.4) is 0 Å². The third kappa shape index (κ3) is 6.55. The van der Waals surface area contributed by atoms with Crippen LogP contribution in [0.2, 0.25) is 5.02 Å². The van der Waals surface area contributed by atoms with Gasteiger partial charge in [0.25, 0.3) is 0 Å². The third-order valence-corrected chi connectivity index (χ3v) is 6.38. The van der Waals surface area contributed by atoms with Crippen molar-refractivity contribution in [1.82, 2.24) is 14.7 Å². The molecule has 0 saturated carbocycles. The first-order chi connectivity index (χ1) is 16.7. The molecule has 3 N–H and O–H groups in total. The van der Waals surface area contributed by atoms with Crippen molar-refractivity contribution in [2.24, 2.45) is 5.73 Å². The second-order valence-corrected chi connectivity index (χ2v) is 9.19. The van der Waals surface area contributed by atoms with Crippen molar-refractivity contribution in [1.29, 1.82) is 0 Å². The maximum atomic E-state index is 12.2. The standard InChI is InChI=1S/C13H14N4O.C12H13ClF3N/c14-13(18)15-12-10-7-4-8-11(10)16-17(12)9-5-2-1-3-6-9;13-11-3-1-2-9(6-11)10-4-5-17(7-10)8-12(14,15)16/h1-3,5-6H,4,7-8H2,(H3,14,15,18);1-3,6,10H,4-5,7-8H2/t;10-/m.0/s1. The number of nitrogens with one attached hydrogen (secondary N) is 1. The zero-order valence-corrected chi connectivity index (χ0v) is 19.8. The van der Waals surface area contributed by atoms with Crippen molar-refractivity contribution in [2.75, 3.05) is 25.0 Å². The molecule has 3 aromatic rings. The van der Waals surface area contributed by atoms with Crippen molar-refractivity contribution >= 4 is 23.4 Å². The minimum Gasteiger partial charge on any atom is -0.351 e. The van der Waals surface area contributed by atoms with Gasteiger partial charge in [-0.05, 0) is 68.0 Å². The Labute approximate surface area is 206 Å². The van der Waals surface area contributed by atoms with E-state index in [0.29, 0.717) is 23.9 Å². The quantitative estimate of drug-likeness (QED) is 0.488. The van der Waals surface area contributed by atoms with E-state index in [2.05, 4.69) is 10.4 Å². The molecule has 2 aromatic carbocycles. The average molecular weight is 506 g/mol. The number of anilines is 1. The van der Waals surface area contributed by atoms with Crippen LogP contribution in [-0.2, 0) is 12.8 Å². The number of nitrogens with zero attached hydrogens (tertiary/aromatic N) is 3. The molecule has 6 nitrogen and oxygen atoms in total. The number of para-hydroxylation sites is 1. The van der Waals surface area contributed by atoms with Crippen LogP contribution in [0.1, 0.15) is 35.6 Å². The molecule has 0 unspecified atom stereocenters. The number of carbonyl (C=O) groups is 1. The lowest BCUT2D eigenvalue weighted by molar-refractivity contribution is -0.143. The van der Waals surface area contributed by atoms with Crippen molar-refractivity contribution < 1.29 is 18.0 Å². The lowest BCUT2D eigenvalue weighted by Crippen LogP contribution is -2.32. The summed E-state index contributed by atoms with van der Waals surface area (Å²) in [6.07, 6.45) is -0.360. The maximum Gasteiger partial charge on any atom is 0.401 e. The molecule has 0 spiro atoms. The van der Waals surface area contributed by atoms with Crippen LogP contribution in [-0.4, -0.2) is 46.5 Å². The van der Waals surface area contributed by atoms with Gasteiger partial charge in [-0.15, -0.1) is 0 Å². The van der Waals surface area contributed by atoms with E-state index in [4.69, 9.17) is 17.3 Å². The Morgan fingerprint density at radius 2 is 1.91 bits per heavy atom. The Balaban J connectivity index is 0.000000165. The van der Waals surface area contributed by atoms with Crippen LogP contribution in [0.5, 0.6) is 0 Å². The van der Waals surface area contributed by atoms with Crippen LogP contribution in [0, 0.1) is 0 Å². The predicted molar refractivity (Wildman–Crippen MR) is 130 cm³/mol. The highest BCUT2D eigenvalue weighted by atomic mass is 35.5. The molecule has 0 bridgehead atoms. The van der Waals surface area contributed by atoms with Gasteiger partial charge >= 0.3 is 12.2 Å². The molecule has 1 atom stereocenters. The number of amides is 2. The number of rotatable bonds is 4. The Hall–Kier alpha value is -3.04. The minimum absolute atomic E-state index is 0.163. The maximum absolute atomic E-state index is 12.2. The van der Waals surface area contributed by atoms with Gasteiger partial charge in [-0.2, -0.15) is 18.3 Å². The number of urea groups is 1. The molecule has 2 heterocycles. The third-order valence-electron chi connectivity index (χ3n) is 6.14. The van der Waals surface area contributed by atoms with Crippen LogP contribution >= 0.6 is 11.6 Å². The number of fused-ring (bicyclic) bond motifs is 1. The van der Waals surface area contributed by atoms with E-state index in [1.165, 1.54) is 4.90 Å². The van der Waals surface area contributed by atoms with E-state index in [9.17, 15) is 18.0 Å². The summed E-state index contributed by atoms with van der Waals surface area (Å²) in [5.41, 5.74) is 9.36. The second-order valence-electron chi connectivity index (χ2n) is 8.75. The van der Waals surface area contributed by atoms with Gasteiger partial charge in [0.1, 0.15) is 5.82 Å². The summed E-state index contributed by atoms with van der Waals surface area (Å²) >= 11 is 5.87. The van der Waals surface area contributed by atoms with Crippen LogP contribution in [0.4, 0.5) is 23.8 Å². The zero-order valence-electron chi connectivity index (χ0n) is 19.1. The highest BCUT2D eigenvalue weighted by Crippen LogP contribution is 2.31. The molecule has 2 aliphatic rings. The first-order valence-electron chi connectivity index (χ1n) is 11.5. The van der Waals surface area contributed by atoms with E-state index >= 15 is 0 Å². The fraction of sp³-hybridized carbons (Fsp3) is 0.360. The molecular formula is C25H27ClF3N5O. The molecule has 1 aromatic heterocycles. The summed E-state index contributed by atoms with van der Waals surface area (Å²) in [7, 11) is 0. The smallest absolute Gasteiger partial charge is 0.351 e. The molecule has 1 aliphatic carbocycles. The van der Waals surface area contributed by atoms with Gasteiger partial charge in [-0.3, -0.25) is 10.2 Å². The number of primary amides is 1. The average Bonchev–Trinajstić information content (AvgIpc) is 3.51. The number of hydrogen-bond acceptors (Lipinski definition) is 3. The first kappa shape index (κ1) is 25.1. The van der Waals surface area contributed by atoms with Crippen molar-refractivity contribution in [3.05, 3.63) is 76.4 Å². The van der Waals surface area contributed by atoms with E-state index in [0.717, 1.165) is 48.2 Å². The summed E-state index contributed by atoms with van der Waals surface area (Å²) in [6.45, 7) is 0.139. The number of hydrogen-bond donors (Lipinski definition) is 2. The van der Waals surface area contributed by atoms with Gasteiger partial charge in [0.05, 0.1) is 17.9 Å². The fourth-order valence-electron chi connectivity index (χ4n) is 4.66. The Morgan fingerprint density at radius 3 is 2.60 bits per heavy atom. The SMILES string of the molecule is FC(F)(F)CN1CC[C@H](c2cccc(Cl)c2)C1.NC(=O)Nc1c2c(nn1-c1ccccc1)CCC2. The van der Waals surface area contributed by atoms with E-state index in [1.54, 1.807) is 10.7 Å². The van der Waals surface area contributed by atoms with Gasteiger partial charge in [-0.1, -0.05) is 41.9 Å². The summed E-state index contributed by atoms with van der Waals surface area (Å²) in [5.74, 6) is 0.872. The molecule has 35 heavy (non-hydrogen) atoms. The van der Waals surface area contributed by atoms with Gasteiger partial charge in [0, 0.05) is 17.1 Å². The topological polar surface area (TPSA) is 76.2 Å². The molecule has 10 heteroatoms. The van der Waals surface area contributed by atoms with Gasteiger partial charge < -0.3 is 5.73 Å². The van der Waals surface area contributed by atoms with Crippen LogP contribution in [0.25, 0.3) is 5.69 Å². The summed E-state index contributed by atoms with van der Waals surface area (Å²) < 4.78 is 38.5. The number of alkyl halides is 3. The molecular weight excluding hydrogens is 479 g/mol. The zero-order chi connectivity index (χ0) is 25.0. The van der Waals surface area contributed by atoms with E-state index in [-0.39, 0.29) is 5.92 Å². The van der Waals surface area contributed by atoms with Crippen molar-refractivity contribution in [2.45, 2.75) is 37.8 Å². The number of benzene rings is 2. The first-order valence-corrected chi connectivity index (χ1v) is 11.8.